The monoisotopic (exact) mass is 528 g/mol. The second-order valence-corrected chi connectivity index (χ2v) is 13.2. The van der Waals surface area contributed by atoms with E-state index in [9.17, 15) is 14.7 Å². The Balaban J connectivity index is 1.36. The molecule has 194 valence electrons. The topological polar surface area (TPSA) is 98.3 Å². The molecule has 4 rings (SSSR count). The number of amides is 2. The Morgan fingerprint density at radius 1 is 1.22 bits per heavy atom. The second kappa shape index (κ2) is 11.7. The molecule has 0 aliphatic heterocycles. The number of nitrogens with one attached hydrogen (secondary N) is 2. The average Bonchev–Trinajstić information content (AvgIpc) is 3.46. The Morgan fingerprint density at radius 3 is 2.72 bits per heavy atom. The van der Waals surface area contributed by atoms with E-state index in [1.807, 2.05) is 11.0 Å². The number of para-hydroxylation sites is 1. The van der Waals surface area contributed by atoms with Gasteiger partial charge in [0.05, 0.1) is 10.4 Å². The van der Waals surface area contributed by atoms with Crippen LogP contribution in [0.4, 0.5) is 9.93 Å². The molecule has 36 heavy (non-hydrogen) atoms. The highest BCUT2D eigenvalue weighted by Gasteiger charge is 2.30. The zero-order valence-electron chi connectivity index (χ0n) is 21.3. The van der Waals surface area contributed by atoms with E-state index in [0.29, 0.717) is 17.6 Å². The predicted octanol–water partition coefficient (Wildman–Crippen LogP) is 7.02. The van der Waals surface area contributed by atoms with Crippen LogP contribution in [0, 0.1) is 5.92 Å². The van der Waals surface area contributed by atoms with Gasteiger partial charge in [0, 0.05) is 29.7 Å². The van der Waals surface area contributed by atoms with Crippen molar-refractivity contribution in [1.82, 2.24) is 14.9 Å². The number of hydrogen-bond acceptors (Lipinski definition) is 5. The van der Waals surface area contributed by atoms with Crippen LogP contribution in [0.15, 0.2) is 40.9 Å². The molecule has 3 aromatic rings. The molecule has 0 unspecified atom stereocenters. The third-order valence-corrected chi connectivity index (χ3v) is 9.23. The van der Waals surface area contributed by atoms with Gasteiger partial charge in [0.2, 0.25) is 0 Å². The van der Waals surface area contributed by atoms with Crippen LogP contribution in [-0.4, -0.2) is 49.3 Å². The smallest absolute Gasteiger partial charge is 0.323 e. The van der Waals surface area contributed by atoms with E-state index in [4.69, 9.17) is 0 Å². The van der Waals surface area contributed by atoms with Crippen LogP contribution in [0.2, 0.25) is 0 Å². The highest BCUT2D eigenvalue weighted by Crippen LogP contribution is 2.37. The summed E-state index contributed by atoms with van der Waals surface area (Å²) in [6.45, 7) is 6.33. The van der Waals surface area contributed by atoms with Gasteiger partial charge in [-0.3, -0.25) is 10.1 Å². The number of aromatic amines is 1. The van der Waals surface area contributed by atoms with E-state index >= 15 is 0 Å². The quantitative estimate of drug-likeness (QED) is 0.194. The van der Waals surface area contributed by atoms with Crippen molar-refractivity contribution in [2.45, 2.75) is 80.7 Å². The van der Waals surface area contributed by atoms with Gasteiger partial charge in [-0.1, -0.05) is 48.2 Å². The molecule has 1 saturated carbocycles. The molecule has 2 aromatic heterocycles. The third-order valence-electron chi connectivity index (χ3n) is 7.03. The summed E-state index contributed by atoms with van der Waals surface area (Å²) in [7, 11) is 0. The molecular weight excluding hydrogens is 492 g/mol. The van der Waals surface area contributed by atoms with Crippen LogP contribution in [0.5, 0.6) is 0 Å². The number of unbranched alkanes of at least 4 members (excludes halogenated alkanes) is 1. The first-order valence-corrected chi connectivity index (χ1v) is 14.4. The van der Waals surface area contributed by atoms with Crippen LogP contribution in [-0.2, 0) is 11.2 Å². The Bertz CT molecular complexity index is 1180. The predicted molar refractivity (Wildman–Crippen MR) is 148 cm³/mol. The van der Waals surface area contributed by atoms with Crippen molar-refractivity contribution in [1.29, 1.82) is 0 Å². The van der Waals surface area contributed by atoms with Gasteiger partial charge in [0.25, 0.3) is 0 Å². The molecule has 1 aromatic carbocycles. The van der Waals surface area contributed by atoms with Gasteiger partial charge in [-0.05, 0) is 76.3 Å². The number of rotatable bonds is 10. The summed E-state index contributed by atoms with van der Waals surface area (Å²) in [4.78, 5) is 34.5. The first kappa shape index (κ1) is 26.5. The summed E-state index contributed by atoms with van der Waals surface area (Å²) in [6, 6.07) is 8.50. The minimum atomic E-state index is -0.955. The molecule has 0 bridgehead atoms. The number of anilines is 1. The average molecular weight is 529 g/mol. The molecular formula is C27H36N4O3S2. The molecule has 0 radical (unpaired) electrons. The molecule has 1 aliphatic carbocycles. The lowest BCUT2D eigenvalue weighted by Gasteiger charge is -2.36. The molecule has 7 nitrogen and oxygen atoms in total. The fourth-order valence-electron chi connectivity index (χ4n) is 4.76. The highest BCUT2D eigenvalue weighted by molar-refractivity contribution is 8.03. The minimum Gasteiger partial charge on any atom is -0.480 e. The number of H-pyrrole nitrogens is 1. The number of urea groups is 1. The molecule has 3 N–H and O–H groups in total. The summed E-state index contributed by atoms with van der Waals surface area (Å²) in [5, 5.41) is 14.2. The summed E-state index contributed by atoms with van der Waals surface area (Å²) < 4.78 is -0.182. The first-order valence-electron chi connectivity index (χ1n) is 12.7. The maximum absolute atomic E-state index is 13.4. The number of carbonyl (C=O) groups excluding carboxylic acids is 1. The number of nitrogens with zero attached hydrogens (tertiary/aromatic N) is 2. The highest BCUT2D eigenvalue weighted by atomic mass is 32.2. The van der Waals surface area contributed by atoms with Crippen molar-refractivity contribution >= 4 is 51.1 Å². The second-order valence-electron chi connectivity index (χ2n) is 10.3. The lowest BCUT2D eigenvalue weighted by Crippen LogP contribution is -2.45. The number of fused-ring (bicyclic) bond motifs is 1. The number of aliphatic carboxylic acids is 1. The lowest BCUT2D eigenvalue weighted by atomic mass is 9.86. The summed E-state index contributed by atoms with van der Waals surface area (Å²) >= 11 is 2.57. The molecule has 0 atom stereocenters. The van der Waals surface area contributed by atoms with Crippen LogP contribution in [0.25, 0.3) is 10.9 Å². The van der Waals surface area contributed by atoms with Crippen LogP contribution >= 0.6 is 23.1 Å². The number of thioether (sulfide) groups is 1. The SMILES string of the molecule is CC1CCC(N(CCCCc2c[nH]c3ccccc23)C(=O)Nc2ncc(SC(C)(C)C(=O)O)s2)CC1. The molecule has 1 fully saturated rings. The summed E-state index contributed by atoms with van der Waals surface area (Å²) in [5.41, 5.74) is 2.49. The van der Waals surface area contributed by atoms with Crippen molar-refractivity contribution in [2.24, 2.45) is 5.92 Å². The lowest BCUT2D eigenvalue weighted by molar-refractivity contribution is -0.138. The minimum absolute atomic E-state index is 0.106. The largest absolute Gasteiger partial charge is 0.480 e. The number of carboxylic acid groups (broad SMARTS) is 1. The van der Waals surface area contributed by atoms with Gasteiger partial charge in [-0.25, -0.2) is 9.78 Å². The van der Waals surface area contributed by atoms with Crippen molar-refractivity contribution in [3.8, 4) is 0 Å². The third kappa shape index (κ3) is 6.62. The number of carboxylic acids is 1. The van der Waals surface area contributed by atoms with Gasteiger partial charge >= 0.3 is 12.0 Å². The molecule has 2 amide bonds. The van der Waals surface area contributed by atoms with Gasteiger partial charge in [0.1, 0.15) is 4.75 Å². The zero-order chi connectivity index (χ0) is 25.7. The van der Waals surface area contributed by atoms with Crippen molar-refractivity contribution in [3.63, 3.8) is 0 Å². The molecule has 2 heterocycles. The van der Waals surface area contributed by atoms with Crippen LogP contribution < -0.4 is 5.32 Å². The van der Waals surface area contributed by atoms with Gasteiger partial charge in [-0.2, -0.15) is 0 Å². The van der Waals surface area contributed by atoms with E-state index in [1.165, 1.54) is 34.0 Å². The number of thiazole rings is 1. The van der Waals surface area contributed by atoms with Crippen LogP contribution in [0.1, 0.15) is 64.9 Å². The van der Waals surface area contributed by atoms with Crippen molar-refractivity contribution in [2.75, 3.05) is 11.9 Å². The van der Waals surface area contributed by atoms with E-state index in [1.54, 1.807) is 20.0 Å². The van der Waals surface area contributed by atoms with Gasteiger partial charge < -0.3 is 15.0 Å². The normalized spacial score (nSPS) is 18.3. The number of aryl methyl sites for hydroxylation is 1. The molecule has 9 heteroatoms. The first-order chi connectivity index (χ1) is 17.2. The maximum Gasteiger partial charge on any atom is 0.323 e. The number of benzene rings is 1. The fourth-order valence-corrected chi connectivity index (χ4v) is 7.03. The van der Waals surface area contributed by atoms with Crippen molar-refractivity contribution < 1.29 is 14.7 Å². The Kier molecular flexibility index (Phi) is 8.62. The van der Waals surface area contributed by atoms with Gasteiger partial charge in [-0.15, -0.1) is 0 Å². The Morgan fingerprint density at radius 2 is 1.97 bits per heavy atom. The summed E-state index contributed by atoms with van der Waals surface area (Å²) in [5.74, 6) is -0.166. The van der Waals surface area contributed by atoms with Crippen molar-refractivity contribution in [3.05, 3.63) is 42.2 Å². The summed E-state index contributed by atoms with van der Waals surface area (Å²) in [6.07, 6.45) is 11.0. The van der Waals surface area contributed by atoms with Gasteiger partial charge in [0.15, 0.2) is 5.13 Å². The Hall–Kier alpha value is -2.52. The Labute approximate surface area is 221 Å². The fraction of sp³-hybridized carbons (Fsp3) is 0.519. The number of carbonyl (C=O) groups is 2. The molecule has 0 spiro atoms. The molecule has 0 saturated heterocycles. The maximum atomic E-state index is 13.4. The van der Waals surface area contributed by atoms with E-state index in [2.05, 4.69) is 46.6 Å². The van der Waals surface area contributed by atoms with E-state index in [0.717, 1.165) is 54.7 Å². The van der Waals surface area contributed by atoms with E-state index in [-0.39, 0.29) is 12.1 Å². The number of hydrogen-bond donors (Lipinski definition) is 3. The van der Waals surface area contributed by atoms with E-state index < -0.39 is 10.7 Å². The molecule has 1 aliphatic rings. The number of aromatic nitrogens is 2. The van der Waals surface area contributed by atoms with Crippen LogP contribution in [0.3, 0.4) is 0 Å². The zero-order valence-corrected chi connectivity index (χ0v) is 22.9. The standard InChI is InChI=1S/C27H36N4O3S2/c1-18-11-13-20(14-12-18)31(15-7-6-8-19-16-28-22-10-5-4-9-21(19)22)26(34)30-25-29-17-23(35-25)36-27(2,3)24(32)33/h4-5,9-10,16-18,20,28H,6-8,11-15H2,1-3H3,(H,32,33)(H,29,30,34).